The van der Waals surface area contributed by atoms with Gasteiger partial charge in [-0.05, 0) is 31.2 Å². The number of piperazine rings is 1. The number of rotatable bonds is 3. The number of hydrogen-bond donors (Lipinski definition) is 1. The second-order valence-electron chi connectivity index (χ2n) is 7.18. The van der Waals surface area contributed by atoms with Crippen LogP contribution in [0.1, 0.15) is 5.69 Å². The molecule has 3 heterocycles. The third-order valence-corrected chi connectivity index (χ3v) is 5.11. The molecule has 29 heavy (non-hydrogen) atoms. The predicted octanol–water partition coefficient (Wildman–Crippen LogP) is 2.11. The minimum atomic E-state index is -0.328. The average molecular weight is 400 g/mol. The third-order valence-electron chi connectivity index (χ3n) is 5.11. The largest absolute Gasteiger partial charge is 0.378 e. The van der Waals surface area contributed by atoms with Gasteiger partial charge in [-0.2, -0.15) is 4.98 Å². The number of nitrogens with one attached hydrogen (secondary N) is 1. The Morgan fingerprint density at radius 3 is 2.38 bits per heavy atom. The maximum atomic E-state index is 13.0. The number of benzene rings is 1. The van der Waals surface area contributed by atoms with Crippen molar-refractivity contribution < 1.29 is 13.9 Å². The van der Waals surface area contributed by atoms with Gasteiger partial charge in [0.2, 0.25) is 5.95 Å². The highest BCUT2D eigenvalue weighted by molar-refractivity contribution is 5.89. The van der Waals surface area contributed by atoms with E-state index in [9.17, 15) is 9.18 Å². The number of urea groups is 1. The zero-order chi connectivity index (χ0) is 20.2. The van der Waals surface area contributed by atoms with E-state index in [1.54, 1.807) is 17.0 Å². The van der Waals surface area contributed by atoms with E-state index >= 15 is 0 Å². The zero-order valence-electron chi connectivity index (χ0n) is 16.5. The second kappa shape index (κ2) is 8.60. The first-order valence-electron chi connectivity index (χ1n) is 9.83. The Balaban J connectivity index is 1.37. The molecule has 2 fully saturated rings. The lowest BCUT2D eigenvalue weighted by atomic mass is 10.3. The molecule has 8 nitrogen and oxygen atoms in total. The molecular formula is C20H25FN6O2. The van der Waals surface area contributed by atoms with Crippen LogP contribution in [-0.2, 0) is 4.74 Å². The molecular weight excluding hydrogens is 375 g/mol. The lowest BCUT2D eigenvalue weighted by molar-refractivity contribution is 0.122. The van der Waals surface area contributed by atoms with Crippen molar-refractivity contribution in [3.8, 4) is 0 Å². The summed E-state index contributed by atoms with van der Waals surface area (Å²) in [7, 11) is 0. The maximum absolute atomic E-state index is 13.0. The first kappa shape index (κ1) is 19.4. The molecule has 154 valence electrons. The van der Waals surface area contributed by atoms with Crippen molar-refractivity contribution in [2.75, 3.05) is 67.6 Å². The Morgan fingerprint density at radius 2 is 1.69 bits per heavy atom. The van der Waals surface area contributed by atoms with E-state index in [4.69, 9.17) is 9.72 Å². The summed E-state index contributed by atoms with van der Waals surface area (Å²) >= 11 is 0. The van der Waals surface area contributed by atoms with Crippen LogP contribution in [0.4, 0.5) is 26.6 Å². The molecule has 0 unspecified atom stereocenters. The summed E-state index contributed by atoms with van der Waals surface area (Å²) in [6.45, 7) is 7.49. The highest BCUT2D eigenvalue weighted by Gasteiger charge is 2.24. The SMILES string of the molecule is Cc1cc(N2CCOCC2)nc(N2CCN(C(=O)Nc3ccc(F)cc3)CC2)n1. The molecule has 0 bridgehead atoms. The molecule has 2 aliphatic rings. The highest BCUT2D eigenvalue weighted by atomic mass is 19.1. The third kappa shape index (κ3) is 4.73. The highest BCUT2D eigenvalue weighted by Crippen LogP contribution is 2.20. The van der Waals surface area contributed by atoms with Gasteiger partial charge in [0.05, 0.1) is 13.2 Å². The topological polar surface area (TPSA) is 73.8 Å². The summed E-state index contributed by atoms with van der Waals surface area (Å²) in [5.41, 5.74) is 1.50. The van der Waals surface area contributed by atoms with Gasteiger partial charge in [0.25, 0.3) is 0 Å². The van der Waals surface area contributed by atoms with Crippen molar-refractivity contribution in [1.82, 2.24) is 14.9 Å². The van der Waals surface area contributed by atoms with Crippen LogP contribution in [0.15, 0.2) is 30.3 Å². The summed E-state index contributed by atoms with van der Waals surface area (Å²) in [5.74, 6) is 1.29. The Morgan fingerprint density at radius 1 is 1.00 bits per heavy atom. The number of nitrogens with zero attached hydrogens (tertiary/aromatic N) is 5. The van der Waals surface area contributed by atoms with Gasteiger partial charge in [0.15, 0.2) is 0 Å². The van der Waals surface area contributed by atoms with Crippen LogP contribution in [0.5, 0.6) is 0 Å². The molecule has 0 saturated carbocycles. The van der Waals surface area contributed by atoms with Crippen molar-refractivity contribution in [2.24, 2.45) is 0 Å². The van der Waals surface area contributed by atoms with Crippen LogP contribution >= 0.6 is 0 Å². The fourth-order valence-corrected chi connectivity index (χ4v) is 3.48. The molecule has 9 heteroatoms. The van der Waals surface area contributed by atoms with Crippen LogP contribution in [0.3, 0.4) is 0 Å². The van der Waals surface area contributed by atoms with Crippen LogP contribution in [-0.4, -0.2) is 73.4 Å². The normalized spacial score (nSPS) is 17.4. The van der Waals surface area contributed by atoms with Crippen LogP contribution in [0.2, 0.25) is 0 Å². The van der Waals surface area contributed by atoms with E-state index in [1.165, 1.54) is 12.1 Å². The number of anilines is 3. The van der Waals surface area contributed by atoms with Crippen molar-refractivity contribution in [2.45, 2.75) is 6.92 Å². The van der Waals surface area contributed by atoms with Crippen LogP contribution < -0.4 is 15.1 Å². The Kier molecular flexibility index (Phi) is 5.75. The molecule has 1 aromatic carbocycles. The second-order valence-corrected chi connectivity index (χ2v) is 7.18. The molecule has 1 N–H and O–H groups in total. The summed E-state index contributed by atoms with van der Waals surface area (Å²) in [5, 5.41) is 2.81. The predicted molar refractivity (Wildman–Crippen MR) is 109 cm³/mol. The number of aryl methyl sites for hydroxylation is 1. The molecule has 2 aliphatic heterocycles. The standard InChI is InChI=1S/C20H25FN6O2/c1-15-14-18(25-10-12-29-13-11-25)24-19(22-15)26-6-8-27(9-7-26)20(28)23-17-4-2-16(21)3-5-17/h2-5,14H,6-13H2,1H3,(H,23,28). The summed E-state index contributed by atoms with van der Waals surface area (Å²) < 4.78 is 18.4. The van der Waals surface area contributed by atoms with Gasteiger partial charge in [-0.25, -0.2) is 14.2 Å². The van der Waals surface area contributed by atoms with E-state index in [1.807, 2.05) is 13.0 Å². The maximum Gasteiger partial charge on any atom is 0.321 e. The Hall–Kier alpha value is -2.94. The molecule has 0 aliphatic carbocycles. The van der Waals surface area contributed by atoms with E-state index in [0.29, 0.717) is 51.0 Å². The van der Waals surface area contributed by atoms with Crippen molar-refractivity contribution in [3.63, 3.8) is 0 Å². The first-order chi connectivity index (χ1) is 14.1. The van der Waals surface area contributed by atoms with E-state index in [0.717, 1.165) is 24.6 Å². The smallest absolute Gasteiger partial charge is 0.321 e. The van der Waals surface area contributed by atoms with Crippen LogP contribution in [0, 0.1) is 12.7 Å². The van der Waals surface area contributed by atoms with E-state index in [-0.39, 0.29) is 11.8 Å². The number of hydrogen-bond acceptors (Lipinski definition) is 6. The lowest BCUT2D eigenvalue weighted by Crippen LogP contribution is -2.50. The molecule has 0 spiro atoms. The fourth-order valence-electron chi connectivity index (χ4n) is 3.48. The summed E-state index contributed by atoms with van der Waals surface area (Å²) in [4.78, 5) is 27.9. The van der Waals surface area contributed by atoms with Crippen molar-refractivity contribution >= 4 is 23.5 Å². The van der Waals surface area contributed by atoms with Crippen LogP contribution in [0.25, 0.3) is 0 Å². The quantitative estimate of drug-likeness (QED) is 0.851. The Bertz CT molecular complexity index is 849. The number of morpholine rings is 1. The molecule has 1 aromatic heterocycles. The van der Waals surface area contributed by atoms with Gasteiger partial charge in [0.1, 0.15) is 11.6 Å². The fraction of sp³-hybridized carbons (Fsp3) is 0.450. The molecule has 0 atom stereocenters. The number of aromatic nitrogens is 2. The van der Waals surface area contributed by atoms with Gasteiger partial charge in [0, 0.05) is 56.7 Å². The van der Waals surface area contributed by atoms with E-state index in [2.05, 4.69) is 20.1 Å². The lowest BCUT2D eigenvalue weighted by Gasteiger charge is -2.35. The number of amides is 2. The minimum Gasteiger partial charge on any atom is -0.378 e. The monoisotopic (exact) mass is 400 g/mol. The molecule has 2 amide bonds. The number of carbonyl (C=O) groups excluding carboxylic acids is 1. The summed E-state index contributed by atoms with van der Waals surface area (Å²) in [6.07, 6.45) is 0. The zero-order valence-corrected chi connectivity index (χ0v) is 16.5. The summed E-state index contributed by atoms with van der Waals surface area (Å²) in [6, 6.07) is 7.58. The minimum absolute atomic E-state index is 0.185. The van der Waals surface area contributed by atoms with Crippen molar-refractivity contribution in [1.29, 1.82) is 0 Å². The van der Waals surface area contributed by atoms with Gasteiger partial charge in [-0.1, -0.05) is 0 Å². The molecule has 2 saturated heterocycles. The first-order valence-corrected chi connectivity index (χ1v) is 9.83. The molecule has 2 aromatic rings. The van der Waals surface area contributed by atoms with Crippen molar-refractivity contribution in [3.05, 3.63) is 41.8 Å². The number of ether oxygens (including phenoxy) is 1. The van der Waals surface area contributed by atoms with Gasteiger partial charge >= 0.3 is 6.03 Å². The van der Waals surface area contributed by atoms with Gasteiger partial charge in [-0.3, -0.25) is 0 Å². The molecule has 4 rings (SSSR count). The Labute approximate surface area is 169 Å². The molecule has 0 radical (unpaired) electrons. The number of carbonyl (C=O) groups is 1. The van der Waals surface area contributed by atoms with Gasteiger partial charge < -0.3 is 24.8 Å². The van der Waals surface area contributed by atoms with Gasteiger partial charge in [-0.15, -0.1) is 0 Å². The number of halogens is 1. The average Bonchev–Trinajstić information content (AvgIpc) is 2.75. The van der Waals surface area contributed by atoms with E-state index < -0.39 is 0 Å².